The van der Waals surface area contributed by atoms with Crippen molar-refractivity contribution in [3.63, 3.8) is 0 Å². The lowest BCUT2D eigenvalue weighted by molar-refractivity contribution is 0.0982. The van der Waals surface area contributed by atoms with Gasteiger partial charge in [-0.15, -0.1) is 0 Å². The van der Waals surface area contributed by atoms with Gasteiger partial charge in [-0.2, -0.15) is 0 Å². The number of hydrogen-bond donors (Lipinski definition) is 0. The van der Waals surface area contributed by atoms with Crippen molar-refractivity contribution in [1.82, 2.24) is 0 Å². The predicted molar refractivity (Wildman–Crippen MR) is 70.5 cm³/mol. The fourth-order valence-corrected chi connectivity index (χ4v) is 1.89. The van der Waals surface area contributed by atoms with E-state index in [-0.39, 0.29) is 17.8 Å². The van der Waals surface area contributed by atoms with Crippen LogP contribution < -0.4 is 0 Å². The summed E-state index contributed by atoms with van der Waals surface area (Å²) in [6.07, 6.45) is 0.707. The normalized spacial score (nSPS) is 10.5. The molecule has 0 aliphatic rings. The Kier molecular flexibility index (Phi) is 4.27. The Morgan fingerprint density at radius 2 is 1.58 bits per heavy atom. The summed E-state index contributed by atoms with van der Waals surface area (Å²) in [6, 6.07) is 9.96. The van der Waals surface area contributed by atoms with Gasteiger partial charge >= 0.3 is 0 Å². The summed E-state index contributed by atoms with van der Waals surface area (Å²) in [6.45, 7) is 0. The maximum Gasteiger partial charge on any atom is 0.163 e. The molecule has 1 nitrogen and oxygen atoms in total. The Morgan fingerprint density at radius 1 is 1.00 bits per heavy atom. The van der Waals surface area contributed by atoms with Gasteiger partial charge < -0.3 is 0 Å². The minimum Gasteiger partial charge on any atom is -0.294 e. The van der Waals surface area contributed by atoms with E-state index in [9.17, 15) is 13.6 Å². The summed E-state index contributed by atoms with van der Waals surface area (Å²) < 4.78 is 26.0. The lowest BCUT2D eigenvalue weighted by Gasteiger charge is -2.03. The molecule has 2 aromatic carbocycles. The Morgan fingerprint density at radius 3 is 2.16 bits per heavy atom. The number of carbonyl (C=O) groups is 1. The van der Waals surface area contributed by atoms with E-state index in [1.165, 1.54) is 0 Å². The number of carbonyl (C=O) groups excluding carboxylic acids is 1. The topological polar surface area (TPSA) is 17.1 Å². The second kappa shape index (κ2) is 5.93. The number of rotatable bonds is 4. The van der Waals surface area contributed by atoms with Crippen molar-refractivity contribution in [2.24, 2.45) is 0 Å². The number of hydrogen-bond acceptors (Lipinski definition) is 1. The zero-order valence-corrected chi connectivity index (χ0v) is 10.8. The number of halogens is 3. The van der Waals surface area contributed by atoms with Gasteiger partial charge in [0, 0.05) is 23.1 Å². The number of aryl methyl sites for hydroxylation is 1. The van der Waals surface area contributed by atoms with Crippen LogP contribution in [0.25, 0.3) is 0 Å². The van der Waals surface area contributed by atoms with E-state index < -0.39 is 11.6 Å². The quantitative estimate of drug-likeness (QED) is 0.757. The third-order valence-electron chi connectivity index (χ3n) is 2.74. The highest BCUT2D eigenvalue weighted by atomic mass is 35.5. The summed E-state index contributed by atoms with van der Waals surface area (Å²) in [4.78, 5) is 11.8. The molecule has 0 saturated carbocycles. The second-order valence-electron chi connectivity index (χ2n) is 4.21. The largest absolute Gasteiger partial charge is 0.294 e. The molecule has 0 radical (unpaired) electrons. The van der Waals surface area contributed by atoms with Gasteiger partial charge in [0.05, 0.1) is 0 Å². The van der Waals surface area contributed by atoms with Crippen molar-refractivity contribution in [2.45, 2.75) is 12.8 Å². The van der Waals surface area contributed by atoms with Crippen molar-refractivity contribution in [2.75, 3.05) is 0 Å². The molecule has 4 heteroatoms. The molecule has 0 fully saturated rings. The van der Waals surface area contributed by atoms with Gasteiger partial charge in [-0.3, -0.25) is 4.79 Å². The van der Waals surface area contributed by atoms with Crippen molar-refractivity contribution < 1.29 is 13.6 Å². The molecule has 0 atom stereocenters. The molecule has 0 heterocycles. The van der Waals surface area contributed by atoms with Gasteiger partial charge in [-0.1, -0.05) is 23.7 Å². The van der Waals surface area contributed by atoms with Crippen molar-refractivity contribution in [3.05, 3.63) is 70.2 Å². The number of benzene rings is 2. The highest BCUT2D eigenvalue weighted by molar-refractivity contribution is 6.30. The predicted octanol–water partition coefficient (Wildman–Crippen LogP) is 4.43. The average Bonchev–Trinajstić information content (AvgIpc) is 2.36. The van der Waals surface area contributed by atoms with Gasteiger partial charge in [-0.05, 0) is 36.2 Å². The van der Waals surface area contributed by atoms with Gasteiger partial charge in [0.25, 0.3) is 0 Å². The summed E-state index contributed by atoms with van der Waals surface area (Å²) in [5.74, 6) is -1.77. The molecule has 19 heavy (non-hydrogen) atoms. The van der Waals surface area contributed by atoms with Crippen LogP contribution in [-0.4, -0.2) is 5.78 Å². The fraction of sp³-hybridized carbons (Fsp3) is 0.133. The first kappa shape index (κ1) is 13.7. The van der Waals surface area contributed by atoms with E-state index in [0.29, 0.717) is 11.4 Å². The van der Waals surface area contributed by atoms with Crippen LogP contribution in [-0.2, 0) is 6.42 Å². The van der Waals surface area contributed by atoms with Crippen LogP contribution in [0, 0.1) is 11.6 Å². The molecule has 0 spiro atoms. The smallest absolute Gasteiger partial charge is 0.163 e. The monoisotopic (exact) mass is 280 g/mol. The number of ketones is 1. The summed E-state index contributed by atoms with van der Waals surface area (Å²) in [5, 5.41) is 0.627. The minimum atomic E-state index is -0.741. The Hall–Kier alpha value is -1.74. The third kappa shape index (κ3) is 3.86. The SMILES string of the molecule is O=C(CCc1ccc(Cl)cc1)c1cc(F)cc(F)c1. The Balaban J connectivity index is 2.03. The fourth-order valence-electron chi connectivity index (χ4n) is 1.77. The van der Waals surface area contributed by atoms with Crippen LogP contribution in [0.15, 0.2) is 42.5 Å². The van der Waals surface area contributed by atoms with E-state index in [0.717, 1.165) is 23.8 Å². The Labute approximate surface area is 114 Å². The molecule has 2 aromatic rings. The molecule has 0 N–H and O–H groups in total. The molecule has 2 rings (SSSR count). The maximum atomic E-state index is 13.0. The molecule has 0 amide bonds. The van der Waals surface area contributed by atoms with Gasteiger partial charge in [-0.25, -0.2) is 8.78 Å². The zero-order chi connectivity index (χ0) is 13.8. The molecule has 0 aliphatic heterocycles. The second-order valence-corrected chi connectivity index (χ2v) is 4.64. The zero-order valence-electron chi connectivity index (χ0n) is 10.00. The molecule has 0 unspecified atom stereocenters. The molecular weight excluding hydrogens is 270 g/mol. The molecule has 98 valence electrons. The third-order valence-corrected chi connectivity index (χ3v) is 2.99. The summed E-state index contributed by atoms with van der Waals surface area (Å²) >= 11 is 5.75. The molecule has 0 aromatic heterocycles. The van der Waals surface area contributed by atoms with E-state index in [2.05, 4.69) is 0 Å². The van der Waals surface area contributed by atoms with E-state index in [1.54, 1.807) is 12.1 Å². The standard InChI is InChI=1S/C15H11ClF2O/c16-12-4-1-10(2-5-12)3-6-15(19)11-7-13(17)9-14(18)8-11/h1-2,4-5,7-9H,3,6H2. The molecular formula is C15H11ClF2O. The van der Waals surface area contributed by atoms with E-state index in [4.69, 9.17) is 11.6 Å². The van der Waals surface area contributed by atoms with Crippen LogP contribution in [0.4, 0.5) is 8.78 Å². The first-order chi connectivity index (χ1) is 9.04. The van der Waals surface area contributed by atoms with Crippen LogP contribution in [0.1, 0.15) is 22.3 Å². The van der Waals surface area contributed by atoms with Crippen molar-refractivity contribution in [1.29, 1.82) is 0 Å². The highest BCUT2D eigenvalue weighted by Crippen LogP contribution is 2.14. The van der Waals surface area contributed by atoms with Gasteiger partial charge in [0.15, 0.2) is 5.78 Å². The van der Waals surface area contributed by atoms with Gasteiger partial charge in [0.1, 0.15) is 11.6 Å². The maximum absolute atomic E-state index is 13.0. The van der Waals surface area contributed by atoms with Crippen molar-refractivity contribution >= 4 is 17.4 Å². The van der Waals surface area contributed by atoms with Crippen molar-refractivity contribution in [3.8, 4) is 0 Å². The van der Waals surface area contributed by atoms with E-state index >= 15 is 0 Å². The van der Waals surface area contributed by atoms with E-state index in [1.807, 2.05) is 12.1 Å². The average molecular weight is 281 g/mol. The minimum absolute atomic E-state index is 0.0615. The molecule has 0 aliphatic carbocycles. The van der Waals surface area contributed by atoms with Crippen LogP contribution >= 0.6 is 11.6 Å². The first-order valence-electron chi connectivity index (χ1n) is 5.78. The number of Topliss-reactive ketones (excluding diaryl/α,β-unsaturated/α-hetero) is 1. The van der Waals surface area contributed by atoms with Crippen LogP contribution in [0.2, 0.25) is 5.02 Å². The molecule has 0 bridgehead atoms. The summed E-state index contributed by atoms with van der Waals surface area (Å²) in [5.41, 5.74) is 1.01. The molecule has 0 saturated heterocycles. The lowest BCUT2D eigenvalue weighted by atomic mass is 10.0. The summed E-state index contributed by atoms with van der Waals surface area (Å²) in [7, 11) is 0. The van der Waals surface area contributed by atoms with Crippen LogP contribution in [0.5, 0.6) is 0 Å². The van der Waals surface area contributed by atoms with Gasteiger partial charge in [0.2, 0.25) is 0 Å². The lowest BCUT2D eigenvalue weighted by Crippen LogP contribution is -2.02. The first-order valence-corrected chi connectivity index (χ1v) is 6.16. The van der Waals surface area contributed by atoms with Crippen LogP contribution in [0.3, 0.4) is 0 Å². The Bertz CT molecular complexity index is 573. The highest BCUT2D eigenvalue weighted by Gasteiger charge is 2.09.